The molecule has 0 radical (unpaired) electrons. The number of likely N-dealkylation sites (tertiary alicyclic amines) is 1. The van der Waals surface area contributed by atoms with Crippen LogP contribution in [0.25, 0.3) is 0 Å². The standard InChI is InChI=1S/C10H17NO4/c1-7(12)4-10(13)11-5-8(14-2)9(6-11)15-3/h8-9H,4-6H2,1-3H3. The van der Waals surface area contributed by atoms with Gasteiger partial charge in [-0.2, -0.15) is 0 Å². The summed E-state index contributed by atoms with van der Waals surface area (Å²) >= 11 is 0. The van der Waals surface area contributed by atoms with Gasteiger partial charge < -0.3 is 14.4 Å². The van der Waals surface area contributed by atoms with Crippen molar-refractivity contribution >= 4 is 11.7 Å². The third kappa shape index (κ3) is 3.00. The van der Waals surface area contributed by atoms with Crippen LogP contribution in [0.4, 0.5) is 0 Å². The van der Waals surface area contributed by atoms with Crippen molar-refractivity contribution < 1.29 is 19.1 Å². The summed E-state index contributed by atoms with van der Waals surface area (Å²) in [5, 5.41) is 0. The Morgan fingerprint density at radius 1 is 1.20 bits per heavy atom. The number of rotatable bonds is 4. The molecule has 5 heteroatoms. The van der Waals surface area contributed by atoms with Crippen molar-refractivity contribution in [1.82, 2.24) is 4.90 Å². The molecule has 1 heterocycles. The summed E-state index contributed by atoms with van der Waals surface area (Å²) in [6, 6.07) is 0. The van der Waals surface area contributed by atoms with Crippen LogP contribution >= 0.6 is 0 Å². The Morgan fingerprint density at radius 3 is 2.00 bits per heavy atom. The van der Waals surface area contributed by atoms with Crippen molar-refractivity contribution in [3.63, 3.8) is 0 Å². The molecular formula is C10H17NO4. The third-order valence-electron chi connectivity index (χ3n) is 2.57. The molecule has 0 aliphatic carbocycles. The second kappa shape index (κ2) is 5.23. The number of nitrogens with zero attached hydrogens (tertiary/aromatic N) is 1. The topological polar surface area (TPSA) is 55.8 Å². The predicted molar refractivity (Wildman–Crippen MR) is 53.5 cm³/mol. The van der Waals surface area contributed by atoms with Crippen molar-refractivity contribution in [3.8, 4) is 0 Å². The SMILES string of the molecule is COC1CN(C(=O)CC(C)=O)CC1OC. The zero-order valence-corrected chi connectivity index (χ0v) is 9.36. The fraction of sp³-hybridized carbons (Fsp3) is 0.800. The Morgan fingerprint density at radius 2 is 1.67 bits per heavy atom. The number of ether oxygens (including phenoxy) is 2. The van der Waals surface area contributed by atoms with Gasteiger partial charge in [0.05, 0.1) is 6.42 Å². The van der Waals surface area contributed by atoms with Gasteiger partial charge in [0.15, 0.2) is 0 Å². The normalized spacial score (nSPS) is 25.7. The minimum Gasteiger partial charge on any atom is -0.377 e. The average Bonchev–Trinajstić information content (AvgIpc) is 2.59. The molecule has 1 aliphatic heterocycles. The number of methoxy groups -OCH3 is 2. The Bertz CT molecular complexity index is 242. The van der Waals surface area contributed by atoms with E-state index in [2.05, 4.69) is 0 Å². The van der Waals surface area contributed by atoms with Crippen molar-refractivity contribution in [2.45, 2.75) is 25.6 Å². The zero-order valence-electron chi connectivity index (χ0n) is 9.36. The van der Waals surface area contributed by atoms with Crippen molar-refractivity contribution in [2.75, 3.05) is 27.3 Å². The van der Waals surface area contributed by atoms with E-state index in [4.69, 9.17) is 9.47 Å². The van der Waals surface area contributed by atoms with Gasteiger partial charge in [-0.3, -0.25) is 9.59 Å². The molecule has 5 nitrogen and oxygen atoms in total. The van der Waals surface area contributed by atoms with Gasteiger partial charge in [-0.25, -0.2) is 0 Å². The lowest BCUT2D eigenvalue weighted by atomic mass is 10.3. The highest BCUT2D eigenvalue weighted by Crippen LogP contribution is 2.16. The maximum Gasteiger partial charge on any atom is 0.230 e. The summed E-state index contributed by atoms with van der Waals surface area (Å²) in [5.74, 6) is -0.265. The summed E-state index contributed by atoms with van der Waals surface area (Å²) in [6.07, 6.45) is -0.218. The Labute approximate surface area is 89.3 Å². The second-order valence-corrected chi connectivity index (χ2v) is 3.73. The molecule has 0 bridgehead atoms. The minimum atomic E-state index is -0.149. The molecule has 0 aromatic rings. The van der Waals surface area contributed by atoms with Gasteiger partial charge >= 0.3 is 0 Å². The Hall–Kier alpha value is -0.940. The first kappa shape index (κ1) is 12.1. The fourth-order valence-electron chi connectivity index (χ4n) is 1.73. The molecule has 0 saturated carbocycles. The van der Waals surface area contributed by atoms with Crippen molar-refractivity contribution in [1.29, 1.82) is 0 Å². The van der Waals surface area contributed by atoms with Gasteiger partial charge in [0, 0.05) is 27.3 Å². The molecule has 1 aliphatic rings. The number of hydrogen-bond acceptors (Lipinski definition) is 4. The average molecular weight is 215 g/mol. The van der Waals surface area contributed by atoms with Gasteiger partial charge in [0.1, 0.15) is 18.0 Å². The summed E-state index contributed by atoms with van der Waals surface area (Å²) < 4.78 is 10.4. The fourth-order valence-corrected chi connectivity index (χ4v) is 1.73. The quantitative estimate of drug-likeness (QED) is 0.611. The molecule has 2 unspecified atom stereocenters. The molecule has 0 spiro atoms. The van der Waals surface area contributed by atoms with Crippen LogP contribution < -0.4 is 0 Å². The van der Waals surface area contributed by atoms with E-state index < -0.39 is 0 Å². The molecule has 0 aromatic carbocycles. The van der Waals surface area contributed by atoms with Crippen LogP contribution in [0.2, 0.25) is 0 Å². The maximum atomic E-state index is 11.6. The number of Topliss-reactive ketones (excluding diaryl/α,β-unsaturated/α-hetero) is 1. The first-order valence-corrected chi connectivity index (χ1v) is 4.91. The highest BCUT2D eigenvalue weighted by atomic mass is 16.5. The van der Waals surface area contributed by atoms with Crippen LogP contribution in [0, 0.1) is 0 Å². The summed E-state index contributed by atoms with van der Waals surface area (Å²) in [6.45, 7) is 2.41. The van der Waals surface area contributed by atoms with E-state index in [0.29, 0.717) is 13.1 Å². The van der Waals surface area contributed by atoms with Crippen LogP contribution in [-0.2, 0) is 19.1 Å². The van der Waals surface area contributed by atoms with E-state index >= 15 is 0 Å². The predicted octanol–water partition coefficient (Wildman–Crippen LogP) is -0.162. The molecule has 86 valence electrons. The molecule has 1 fully saturated rings. The van der Waals surface area contributed by atoms with Crippen LogP contribution in [0.1, 0.15) is 13.3 Å². The van der Waals surface area contributed by atoms with E-state index in [9.17, 15) is 9.59 Å². The molecule has 2 atom stereocenters. The Balaban J connectivity index is 2.52. The van der Waals surface area contributed by atoms with E-state index in [-0.39, 0.29) is 30.3 Å². The van der Waals surface area contributed by atoms with Crippen molar-refractivity contribution in [2.24, 2.45) is 0 Å². The number of ketones is 1. The van der Waals surface area contributed by atoms with Crippen LogP contribution in [0.15, 0.2) is 0 Å². The molecule has 1 amide bonds. The largest absolute Gasteiger partial charge is 0.377 e. The van der Waals surface area contributed by atoms with E-state index in [1.54, 1.807) is 19.1 Å². The van der Waals surface area contributed by atoms with Gasteiger partial charge in [-0.1, -0.05) is 0 Å². The van der Waals surface area contributed by atoms with Crippen LogP contribution in [0.5, 0.6) is 0 Å². The lowest BCUT2D eigenvalue weighted by molar-refractivity contribution is -0.134. The molecule has 1 saturated heterocycles. The van der Waals surface area contributed by atoms with E-state index in [1.807, 2.05) is 0 Å². The smallest absolute Gasteiger partial charge is 0.230 e. The van der Waals surface area contributed by atoms with Gasteiger partial charge in [-0.05, 0) is 6.92 Å². The van der Waals surface area contributed by atoms with E-state index in [0.717, 1.165) is 0 Å². The van der Waals surface area contributed by atoms with Crippen LogP contribution in [-0.4, -0.2) is 56.1 Å². The lowest BCUT2D eigenvalue weighted by Crippen LogP contribution is -2.31. The maximum absolute atomic E-state index is 11.6. The number of hydrogen-bond donors (Lipinski definition) is 0. The minimum absolute atomic E-state index is 0.0349. The Kier molecular flexibility index (Phi) is 4.23. The lowest BCUT2D eigenvalue weighted by Gasteiger charge is -2.14. The molecule has 15 heavy (non-hydrogen) atoms. The monoisotopic (exact) mass is 215 g/mol. The number of carbonyl (C=O) groups is 2. The number of amides is 1. The second-order valence-electron chi connectivity index (χ2n) is 3.73. The summed E-state index contributed by atoms with van der Waals surface area (Å²) in [4.78, 5) is 24.0. The van der Waals surface area contributed by atoms with Gasteiger partial charge in [0.2, 0.25) is 5.91 Å². The van der Waals surface area contributed by atoms with Gasteiger partial charge in [0.25, 0.3) is 0 Å². The van der Waals surface area contributed by atoms with Crippen LogP contribution in [0.3, 0.4) is 0 Å². The first-order chi connectivity index (χ1) is 7.08. The van der Waals surface area contributed by atoms with Crippen molar-refractivity contribution in [3.05, 3.63) is 0 Å². The van der Waals surface area contributed by atoms with Gasteiger partial charge in [-0.15, -0.1) is 0 Å². The first-order valence-electron chi connectivity index (χ1n) is 4.91. The molecular weight excluding hydrogens is 198 g/mol. The molecule has 1 rings (SSSR count). The summed E-state index contributed by atoms with van der Waals surface area (Å²) in [5.41, 5.74) is 0. The third-order valence-corrected chi connectivity index (χ3v) is 2.57. The highest BCUT2D eigenvalue weighted by Gasteiger charge is 2.35. The number of carbonyl (C=O) groups excluding carboxylic acids is 2. The summed E-state index contributed by atoms with van der Waals surface area (Å²) in [7, 11) is 3.19. The molecule has 0 aromatic heterocycles. The van der Waals surface area contributed by atoms with E-state index in [1.165, 1.54) is 6.92 Å². The zero-order chi connectivity index (χ0) is 11.4. The molecule has 0 N–H and O–H groups in total. The highest BCUT2D eigenvalue weighted by molar-refractivity contribution is 5.96.